The molecular formula is C14H18ClNO3S2. The summed E-state index contributed by atoms with van der Waals surface area (Å²) in [5, 5.41) is -0.112. The van der Waals surface area contributed by atoms with Crippen molar-refractivity contribution < 1.29 is 13.2 Å². The summed E-state index contributed by atoms with van der Waals surface area (Å²) >= 11 is 7.80. The van der Waals surface area contributed by atoms with Gasteiger partial charge in [0.1, 0.15) is 0 Å². The summed E-state index contributed by atoms with van der Waals surface area (Å²) < 4.78 is 31.6. The molecule has 2 aliphatic heterocycles. The van der Waals surface area contributed by atoms with Crippen molar-refractivity contribution in [3.8, 4) is 0 Å². The molecule has 2 heterocycles. The van der Waals surface area contributed by atoms with Gasteiger partial charge in [0, 0.05) is 12.4 Å². The zero-order valence-electron chi connectivity index (χ0n) is 11.5. The summed E-state index contributed by atoms with van der Waals surface area (Å²) in [5.41, 5.74) is 5.80. The standard InChI is InChI=1S/C14H18ClNO3S2/c15-12-7-10(1-2-13(12)16)21(17,18)11-3-5-19-14(8-11)4-6-20-9-14/h1-2,7,11H,3-6,8-9,16H2. The highest BCUT2D eigenvalue weighted by atomic mass is 35.5. The fourth-order valence-corrected chi connectivity index (χ4v) is 6.47. The summed E-state index contributed by atoms with van der Waals surface area (Å²) in [4.78, 5) is 0.259. The second-order valence-corrected chi connectivity index (χ2v) is 9.42. The number of nitrogen functional groups attached to an aromatic ring is 1. The van der Waals surface area contributed by atoms with E-state index in [1.165, 1.54) is 6.07 Å². The van der Waals surface area contributed by atoms with Crippen LogP contribution in [-0.2, 0) is 14.6 Å². The molecule has 0 amide bonds. The molecule has 2 atom stereocenters. The van der Waals surface area contributed by atoms with E-state index < -0.39 is 15.1 Å². The zero-order chi connectivity index (χ0) is 15.1. The van der Waals surface area contributed by atoms with Crippen molar-refractivity contribution in [2.75, 3.05) is 23.8 Å². The molecule has 0 aliphatic carbocycles. The lowest BCUT2D eigenvalue weighted by molar-refractivity contribution is -0.0572. The first-order valence-corrected chi connectivity index (χ1v) is 10.0. The third kappa shape index (κ3) is 2.91. The number of anilines is 1. The summed E-state index contributed by atoms with van der Waals surface area (Å²) in [7, 11) is -3.39. The molecule has 0 aromatic heterocycles. The Hall–Kier alpha value is -0.430. The van der Waals surface area contributed by atoms with Gasteiger partial charge < -0.3 is 10.5 Å². The van der Waals surface area contributed by atoms with Crippen molar-refractivity contribution in [2.24, 2.45) is 0 Å². The predicted octanol–water partition coefficient (Wildman–Crippen LogP) is 2.75. The average molecular weight is 348 g/mol. The number of benzene rings is 1. The van der Waals surface area contributed by atoms with Crippen molar-refractivity contribution >= 4 is 38.9 Å². The second kappa shape index (κ2) is 5.65. The number of hydrogen-bond acceptors (Lipinski definition) is 5. The zero-order valence-corrected chi connectivity index (χ0v) is 13.9. The molecule has 0 bridgehead atoms. The van der Waals surface area contributed by atoms with Crippen molar-refractivity contribution in [1.82, 2.24) is 0 Å². The SMILES string of the molecule is Nc1ccc(S(=O)(=O)C2CCOC3(CCSC3)C2)cc1Cl. The number of thioether (sulfide) groups is 1. The quantitative estimate of drug-likeness (QED) is 0.833. The van der Waals surface area contributed by atoms with Gasteiger partial charge in [-0.05, 0) is 43.2 Å². The van der Waals surface area contributed by atoms with Crippen LogP contribution in [0.1, 0.15) is 19.3 Å². The van der Waals surface area contributed by atoms with Crippen LogP contribution in [0, 0.1) is 0 Å². The van der Waals surface area contributed by atoms with Gasteiger partial charge in [-0.2, -0.15) is 11.8 Å². The average Bonchev–Trinajstić information content (AvgIpc) is 2.89. The molecule has 0 radical (unpaired) electrons. The Morgan fingerprint density at radius 3 is 2.90 bits per heavy atom. The molecule has 2 aliphatic rings. The highest BCUT2D eigenvalue weighted by molar-refractivity contribution is 7.99. The van der Waals surface area contributed by atoms with E-state index in [4.69, 9.17) is 22.1 Å². The lowest BCUT2D eigenvalue weighted by Crippen LogP contribution is -2.44. The molecule has 3 rings (SSSR count). The van der Waals surface area contributed by atoms with Crippen molar-refractivity contribution in [3.63, 3.8) is 0 Å². The first-order valence-electron chi connectivity index (χ1n) is 6.94. The third-order valence-corrected chi connectivity index (χ3v) is 8.00. The Bertz CT molecular complexity index is 642. The number of hydrogen-bond donors (Lipinski definition) is 1. The van der Waals surface area contributed by atoms with E-state index in [2.05, 4.69) is 0 Å². The molecule has 2 saturated heterocycles. The smallest absolute Gasteiger partial charge is 0.181 e. The summed E-state index contributed by atoms with van der Waals surface area (Å²) in [6.45, 7) is 0.507. The molecule has 7 heteroatoms. The molecule has 1 aromatic rings. The fourth-order valence-electron chi connectivity index (χ4n) is 2.99. The van der Waals surface area contributed by atoms with E-state index in [-0.39, 0.29) is 15.5 Å². The van der Waals surface area contributed by atoms with Gasteiger partial charge in [-0.3, -0.25) is 0 Å². The topological polar surface area (TPSA) is 69.4 Å². The number of ether oxygens (including phenoxy) is 1. The van der Waals surface area contributed by atoms with Crippen LogP contribution in [0.3, 0.4) is 0 Å². The molecule has 2 unspecified atom stereocenters. The largest absolute Gasteiger partial charge is 0.398 e. The lowest BCUT2D eigenvalue weighted by Gasteiger charge is -2.37. The Morgan fingerprint density at radius 1 is 1.43 bits per heavy atom. The maximum atomic E-state index is 12.8. The van der Waals surface area contributed by atoms with Crippen LogP contribution in [0.4, 0.5) is 5.69 Å². The highest BCUT2D eigenvalue weighted by Crippen LogP contribution is 2.41. The Balaban J connectivity index is 1.88. The maximum absolute atomic E-state index is 12.8. The minimum absolute atomic E-state index is 0.252. The Kier molecular flexibility index (Phi) is 4.16. The maximum Gasteiger partial charge on any atom is 0.181 e. The summed E-state index contributed by atoms with van der Waals surface area (Å²) in [6, 6.07) is 4.55. The molecular weight excluding hydrogens is 330 g/mol. The van der Waals surface area contributed by atoms with Gasteiger partial charge in [-0.15, -0.1) is 0 Å². The van der Waals surface area contributed by atoms with Crippen LogP contribution in [0.25, 0.3) is 0 Å². The van der Waals surface area contributed by atoms with Gasteiger partial charge in [0.05, 0.1) is 26.5 Å². The fraction of sp³-hybridized carbons (Fsp3) is 0.571. The van der Waals surface area contributed by atoms with Crippen LogP contribution in [0.5, 0.6) is 0 Å². The van der Waals surface area contributed by atoms with E-state index >= 15 is 0 Å². The number of sulfone groups is 1. The van der Waals surface area contributed by atoms with Crippen molar-refractivity contribution in [1.29, 1.82) is 0 Å². The van der Waals surface area contributed by atoms with E-state index in [0.29, 0.717) is 25.1 Å². The van der Waals surface area contributed by atoms with E-state index in [0.717, 1.165) is 17.9 Å². The van der Waals surface area contributed by atoms with Crippen molar-refractivity contribution in [2.45, 2.75) is 35.0 Å². The van der Waals surface area contributed by atoms with Gasteiger partial charge in [0.2, 0.25) is 0 Å². The second-order valence-electron chi connectivity index (χ2n) is 5.68. The molecule has 21 heavy (non-hydrogen) atoms. The predicted molar refractivity (Wildman–Crippen MR) is 86.7 cm³/mol. The Labute approximate surface area is 134 Å². The van der Waals surface area contributed by atoms with Gasteiger partial charge in [0.25, 0.3) is 0 Å². The monoisotopic (exact) mass is 347 g/mol. The molecule has 2 N–H and O–H groups in total. The Morgan fingerprint density at radius 2 is 2.24 bits per heavy atom. The molecule has 1 spiro atoms. The molecule has 2 fully saturated rings. The molecule has 116 valence electrons. The normalized spacial score (nSPS) is 29.9. The van der Waals surface area contributed by atoms with Crippen molar-refractivity contribution in [3.05, 3.63) is 23.2 Å². The van der Waals surface area contributed by atoms with Crippen LogP contribution in [0.2, 0.25) is 5.02 Å². The summed E-state index contributed by atoms with van der Waals surface area (Å²) in [5.74, 6) is 1.93. The number of nitrogens with two attached hydrogens (primary N) is 1. The van der Waals surface area contributed by atoms with Gasteiger partial charge in [-0.1, -0.05) is 11.6 Å². The van der Waals surface area contributed by atoms with E-state index in [1.807, 2.05) is 11.8 Å². The number of rotatable bonds is 2. The minimum atomic E-state index is -3.39. The summed E-state index contributed by atoms with van der Waals surface area (Å²) in [6.07, 6.45) is 2.05. The van der Waals surface area contributed by atoms with Crippen LogP contribution in [0.15, 0.2) is 23.1 Å². The highest BCUT2D eigenvalue weighted by Gasteiger charge is 2.44. The van der Waals surface area contributed by atoms with Gasteiger partial charge in [0.15, 0.2) is 9.84 Å². The first kappa shape index (κ1) is 15.5. The van der Waals surface area contributed by atoms with E-state index in [1.54, 1.807) is 12.1 Å². The third-order valence-electron chi connectivity index (χ3n) is 4.25. The van der Waals surface area contributed by atoms with Gasteiger partial charge >= 0.3 is 0 Å². The number of halogens is 1. The minimum Gasteiger partial charge on any atom is -0.398 e. The molecule has 1 aromatic carbocycles. The van der Waals surface area contributed by atoms with Crippen LogP contribution < -0.4 is 5.73 Å². The van der Waals surface area contributed by atoms with Gasteiger partial charge in [-0.25, -0.2) is 8.42 Å². The molecule has 4 nitrogen and oxygen atoms in total. The lowest BCUT2D eigenvalue weighted by atomic mass is 9.93. The van der Waals surface area contributed by atoms with E-state index in [9.17, 15) is 8.42 Å². The van der Waals surface area contributed by atoms with Crippen LogP contribution in [-0.4, -0.2) is 37.4 Å². The van der Waals surface area contributed by atoms with Crippen LogP contribution >= 0.6 is 23.4 Å². The molecule has 0 saturated carbocycles. The first-order chi connectivity index (χ1) is 9.93.